The molecular weight excluding hydrogens is 270 g/mol. The summed E-state index contributed by atoms with van der Waals surface area (Å²) in [5, 5.41) is 11.0. The highest BCUT2D eigenvalue weighted by Crippen LogP contribution is 2.09. The molecule has 0 heterocycles. The lowest BCUT2D eigenvalue weighted by molar-refractivity contribution is -0.124. The number of hydrogen-bond acceptors (Lipinski definition) is 5. The number of nitrogens with zero attached hydrogens (tertiary/aromatic N) is 2. The van der Waals surface area contributed by atoms with Gasteiger partial charge in [0.15, 0.2) is 0 Å². The van der Waals surface area contributed by atoms with Crippen molar-refractivity contribution in [3.63, 3.8) is 0 Å². The van der Waals surface area contributed by atoms with Gasteiger partial charge in [-0.15, -0.1) is 0 Å². The molecule has 0 saturated carbocycles. The maximum atomic E-state index is 11.7. The number of anilines is 1. The second-order valence-electron chi connectivity index (χ2n) is 4.61. The Balaban J connectivity index is 2.61. The maximum Gasteiger partial charge on any atom is 0.234 e. The van der Waals surface area contributed by atoms with Crippen molar-refractivity contribution >= 4 is 17.5 Å². The van der Waals surface area contributed by atoms with Crippen LogP contribution < -0.4 is 16.8 Å². The molecule has 2 amide bonds. The Morgan fingerprint density at radius 1 is 1.33 bits per heavy atom. The van der Waals surface area contributed by atoms with Crippen molar-refractivity contribution in [1.82, 2.24) is 10.2 Å². The molecule has 112 valence electrons. The van der Waals surface area contributed by atoms with E-state index in [1.807, 2.05) is 12.1 Å². The maximum absolute atomic E-state index is 11.7. The van der Waals surface area contributed by atoms with E-state index in [2.05, 4.69) is 5.32 Å². The minimum absolute atomic E-state index is 0.0273. The summed E-state index contributed by atoms with van der Waals surface area (Å²) in [7, 11) is 0. The molecule has 0 atom stereocenters. The Hall–Kier alpha value is -2.59. The fraction of sp³-hybridized carbons (Fsp3) is 0.357. The Bertz CT molecular complexity index is 538. The number of nitriles is 1. The molecule has 0 fully saturated rings. The zero-order chi connectivity index (χ0) is 15.7. The van der Waals surface area contributed by atoms with E-state index >= 15 is 0 Å². The first-order valence-electron chi connectivity index (χ1n) is 6.50. The lowest BCUT2D eigenvalue weighted by atomic mass is 10.2. The summed E-state index contributed by atoms with van der Waals surface area (Å²) in [5.74, 6) is -0.765. The van der Waals surface area contributed by atoms with Crippen LogP contribution in [0.3, 0.4) is 0 Å². The molecule has 0 aliphatic rings. The largest absolute Gasteiger partial charge is 0.399 e. The van der Waals surface area contributed by atoms with Crippen LogP contribution in [0, 0.1) is 11.3 Å². The van der Waals surface area contributed by atoms with Crippen LogP contribution in [0.15, 0.2) is 24.3 Å². The number of carbonyl (C=O) groups excluding carboxylic acids is 2. The summed E-state index contributed by atoms with van der Waals surface area (Å²) in [6.45, 7) is 0.682. The molecule has 7 heteroatoms. The molecule has 0 radical (unpaired) electrons. The molecule has 7 nitrogen and oxygen atoms in total. The lowest BCUT2D eigenvalue weighted by Crippen LogP contribution is -2.41. The highest BCUT2D eigenvalue weighted by atomic mass is 16.2. The van der Waals surface area contributed by atoms with Gasteiger partial charge in [0.05, 0.1) is 25.6 Å². The Morgan fingerprint density at radius 3 is 2.71 bits per heavy atom. The van der Waals surface area contributed by atoms with Gasteiger partial charge in [0, 0.05) is 18.8 Å². The van der Waals surface area contributed by atoms with Gasteiger partial charge in [-0.3, -0.25) is 14.5 Å². The number of primary amides is 1. The summed E-state index contributed by atoms with van der Waals surface area (Å²) in [6, 6.07) is 9.14. The molecule has 5 N–H and O–H groups in total. The van der Waals surface area contributed by atoms with Gasteiger partial charge < -0.3 is 16.8 Å². The van der Waals surface area contributed by atoms with Crippen molar-refractivity contribution in [2.45, 2.75) is 13.0 Å². The van der Waals surface area contributed by atoms with Crippen LogP contribution in [0.25, 0.3) is 0 Å². The molecule has 1 aromatic carbocycles. The smallest absolute Gasteiger partial charge is 0.234 e. The van der Waals surface area contributed by atoms with Gasteiger partial charge in [-0.25, -0.2) is 0 Å². The SMILES string of the molecule is N#CCCNC(=O)CN(CC(N)=O)Cc1cccc(N)c1. The highest BCUT2D eigenvalue weighted by molar-refractivity contribution is 5.80. The number of nitrogens with two attached hydrogens (primary N) is 2. The molecule has 1 aromatic rings. The van der Waals surface area contributed by atoms with E-state index in [1.165, 1.54) is 0 Å². The predicted octanol–water partition coefficient (Wildman–Crippen LogP) is -0.414. The van der Waals surface area contributed by atoms with Crippen molar-refractivity contribution in [1.29, 1.82) is 5.26 Å². The zero-order valence-electron chi connectivity index (χ0n) is 11.7. The van der Waals surface area contributed by atoms with E-state index in [-0.39, 0.29) is 32.0 Å². The Labute approximate surface area is 123 Å². The number of benzene rings is 1. The Morgan fingerprint density at radius 2 is 2.10 bits per heavy atom. The standard InChI is InChI=1S/C14H19N5O2/c15-5-2-6-18-14(21)10-19(9-13(17)20)8-11-3-1-4-12(16)7-11/h1,3-4,7H,2,6,8-10,16H2,(H2,17,20)(H,18,21). The number of carbonyl (C=O) groups is 2. The van der Waals surface area contributed by atoms with Crippen molar-refractivity contribution < 1.29 is 9.59 Å². The van der Waals surface area contributed by atoms with Crippen LogP contribution in [-0.2, 0) is 16.1 Å². The number of nitrogen functional groups attached to an aromatic ring is 1. The minimum atomic E-state index is -0.510. The predicted molar refractivity (Wildman–Crippen MR) is 78.6 cm³/mol. The summed E-state index contributed by atoms with van der Waals surface area (Å²) in [4.78, 5) is 24.4. The first-order chi connectivity index (χ1) is 10.0. The van der Waals surface area contributed by atoms with Crippen LogP contribution in [0.1, 0.15) is 12.0 Å². The van der Waals surface area contributed by atoms with Gasteiger partial charge >= 0.3 is 0 Å². The van der Waals surface area contributed by atoms with E-state index < -0.39 is 5.91 Å². The molecule has 1 rings (SSSR count). The fourth-order valence-electron chi connectivity index (χ4n) is 1.85. The third kappa shape index (κ3) is 6.94. The number of nitrogens with one attached hydrogen (secondary N) is 1. The highest BCUT2D eigenvalue weighted by Gasteiger charge is 2.13. The van der Waals surface area contributed by atoms with E-state index in [0.29, 0.717) is 12.2 Å². The van der Waals surface area contributed by atoms with Gasteiger partial charge in [-0.2, -0.15) is 5.26 Å². The van der Waals surface area contributed by atoms with Crippen LogP contribution >= 0.6 is 0 Å². The van der Waals surface area contributed by atoms with Gasteiger partial charge in [-0.1, -0.05) is 12.1 Å². The summed E-state index contributed by atoms with van der Waals surface area (Å²) >= 11 is 0. The number of hydrogen-bond donors (Lipinski definition) is 3. The molecule has 0 aromatic heterocycles. The van der Waals surface area contributed by atoms with Gasteiger partial charge in [0.1, 0.15) is 0 Å². The van der Waals surface area contributed by atoms with Crippen LogP contribution in [0.4, 0.5) is 5.69 Å². The van der Waals surface area contributed by atoms with Crippen molar-refractivity contribution in [3.05, 3.63) is 29.8 Å². The zero-order valence-corrected chi connectivity index (χ0v) is 11.7. The molecule has 0 saturated heterocycles. The van der Waals surface area contributed by atoms with E-state index in [0.717, 1.165) is 5.56 Å². The van der Waals surface area contributed by atoms with Crippen molar-refractivity contribution in [2.75, 3.05) is 25.4 Å². The molecule has 0 bridgehead atoms. The van der Waals surface area contributed by atoms with Crippen LogP contribution in [0.5, 0.6) is 0 Å². The lowest BCUT2D eigenvalue weighted by Gasteiger charge is -2.20. The average Bonchev–Trinajstić information content (AvgIpc) is 2.38. The third-order valence-electron chi connectivity index (χ3n) is 2.66. The number of rotatable bonds is 8. The normalized spacial score (nSPS) is 10.1. The molecule has 0 aliphatic carbocycles. The van der Waals surface area contributed by atoms with Gasteiger partial charge in [-0.05, 0) is 17.7 Å². The second-order valence-corrected chi connectivity index (χ2v) is 4.61. The first-order valence-corrected chi connectivity index (χ1v) is 6.50. The molecule has 21 heavy (non-hydrogen) atoms. The summed E-state index contributed by atoms with van der Waals surface area (Å²) in [6.07, 6.45) is 0.247. The van der Waals surface area contributed by atoms with E-state index in [9.17, 15) is 9.59 Å². The second kappa shape index (κ2) is 8.55. The monoisotopic (exact) mass is 289 g/mol. The topological polar surface area (TPSA) is 125 Å². The summed E-state index contributed by atoms with van der Waals surface area (Å²) in [5.41, 5.74) is 12.4. The molecule has 0 aliphatic heterocycles. The van der Waals surface area contributed by atoms with Crippen molar-refractivity contribution in [3.8, 4) is 6.07 Å². The fourth-order valence-corrected chi connectivity index (χ4v) is 1.85. The van der Waals surface area contributed by atoms with Gasteiger partial charge in [0.25, 0.3) is 0 Å². The quantitative estimate of drug-likeness (QED) is 0.443. The Kier molecular flexibility index (Phi) is 6.71. The summed E-state index contributed by atoms with van der Waals surface area (Å²) < 4.78 is 0. The van der Waals surface area contributed by atoms with Crippen LogP contribution in [0.2, 0.25) is 0 Å². The van der Waals surface area contributed by atoms with Crippen LogP contribution in [-0.4, -0.2) is 36.3 Å². The van der Waals surface area contributed by atoms with E-state index in [1.54, 1.807) is 23.1 Å². The third-order valence-corrected chi connectivity index (χ3v) is 2.66. The molecule has 0 unspecified atom stereocenters. The molecule has 0 spiro atoms. The minimum Gasteiger partial charge on any atom is -0.399 e. The van der Waals surface area contributed by atoms with E-state index in [4.69, 9.17) is 16.7 Å². The van der Waals surface area contributed by atoms with Gasteiger partial charge in [0.2, 0.25) is 11.8 Å². The average molecular weight is 289 g/mol. The first kappa shape index (κ1) is 16.5. The molecular formula is C14H19N5O2. The van der Waals surface area contributed by atoms with Crippen molar-refractivity contribution in [2.24, 2.45) is 5.73 Å². The number of amides is 2.